The van der Waals surface area contributed by atoms with Crippen LogP contribution in [0.25, 0.3) is 11.1 Å². The Labute approximate surface area is 163 Å². The van der Waals surface area contributed by atoms with Gasteiger partial charge in [-0.1, -0.05) is 60.7 Å². The fraction of sp³-hybridized carbons (Fsp3) is 0.130. The zero-order chi connectivity index (χ0) is 19.5. The summed E-state index contributed by atoms with van der Waals surface area (Å²) in [5.41, 5.74) is 11.3. The number of hydrogen-bond donors (Lipinski definition) is 2. The maximum Gasteiger partial charge on any atom is 0.411 e. The average molecular weight is 372 g/mol. The van der Waals surface area contributed by atoms with Crippen LogP contribution < -0.4 is 11.1 Å². The number of benzene rings is 3. The number of ether oxygens (including phenoxy) is 1. The quantitative estimate of drug-likeness (QED) is 0.708. The first-order valence-electron chi connectivity index (χ1n) is 9.11. The molecule has 0 aliphatic heterocycles. The number of carbonyl (C=O) groups is 2. The predicted molar refractivity (Wildman–Crippen MR) is 108 cm³/mol. The largest absolute Gasteiger partial charge is 0.448 e. The minimum atomic E-state index is -0.510. The summed E-state index contributed by atoms with van der Waals surface area (Å²) in [6.07, 6.45) is -0.338. The van der Waals surface area contributed by atoms with Gasteiger partial charge in [-0.15, -0.1) is 0 Å². The highest BCUT2D eigenvalue weighted by Crippen LogP contribution is 2.44. The Morgan fingerprint density at radius 2 is 1.43 bits per heavy atom. The predicted octanol–water partition coefficient (Wildman–Crippen LogP) is 4.08. The molecule has 0 atom stereocenters. The molecule has 28 heavy (non-hydrogen) atoms. The van der Waals surface area contributed by atoms with Crippen LogP contribution in [0.4, 0.5) is 10.5 Å². The first kappa shape index (κ1) is 17.8. The van der Waals surface area contributed by atoms with E-state index in [0.29, 0.717) is 5.69 Å². The van der Waals surface area contributed by atoms with Gasteiger partial charge in [0.15, 0.2) is 0 Å². The summed E-state index contributed by atoms with van der Waals surface area (Å²) >= 11 is 0. The third-order valence-corrected chi connectivity index (χ3v) is 4.92. The van der Waals surface area contributed by atoms with Crippen molar-refractivity contribution in [2.24, 2.45) is 5.73 Å². The minimum Gasteiger partial charge on any atom is -0.448 e. The van der Waals surface area contributed by atoms with Crippen LogP contribution in [-0.2, 0) is 16.0 Å². The van der Waals surface area contributed by atoms with Gasteiger partial charge in [-0.05, 0) is 39.9 Å². The standard InChI is InChI=1S/C23H20N2O3/c24-22(26)13-15-9-11-16(12-10-15)25-23(27)28-14-21-19-7-3-1-5-17(19)18-6-2-4-8-20(18)21/h1-12,21H,13-14H2,(H2,24,26)(H,25,27). The Bertz CT molecular complexity index is 983. The number of hydrogen-bond acceptors (Lipinski definition) is 3. The van der Waals surface area contributed by atoms with E-state index >= 15 is 0 Å². The van der Waals surface area contributed by atoms with Gasteiger partial charge in [0, 0.05) is 11.6 Å². The molecule has 0 aromatic heterocycles. The smallest absolute Gasteiger partial charge is 0.411 e. The number of fused-ring (bicyclic) bond motifs is 3. The summed E-state index contributed by atoms with van der Waals surface area (Å²) < 4.78 is 5.51. The first-order valence-corrected chi connectivity index (χ1v) is 9.11. The van der Waals surface area contributed by atoms with Crippen molar-refractivity contribution in [3.8, 4) is 11.1 Å². The molecule has 0 heterocycles. The summed E-state index contributed by atoms with van der Waals surface area (Å²) in [6.45, 7) is 0.264. The lowest BCUT2D eigenvalue weighted by molar-refractivity contribution is -0.117. The van der Waals surface area contributed by atoms with Crippen molar-refractivity contribution in [3.05, 3.63) is 89.5 Å². The molecule has 5 nitrogen and oxygen atoms in total. The van der Waals surface area contributed by atoms with E-state index in [1.807, 2.05) is 24.3 Å². The monoisotopic (exact) mass is 372 g/mol. The molecule has 2 amide bonds. The lowest BCUT2D eigenvalue weighted by atomic mass is 9.98. The lowest BCUT2D eigenvalue weighted by Gasteiger charge is -2.14. The fourth-order valence-electron chi connectivity index (χ4n) is 3.66. The van der Waals surface area contributed by atoms with Crippen molar-refractivity contribution in [1.29, 1.82) is 0 Å². The molecular formula is C23H20N2O3. The molecule has 3 aromatic carbocycles. The number of anilines is 1. The number of carbonyl (C=O) groups excluding carboxylic acids is 2. The number of nitrogens with two attached hydrogens (primary N) is 1. The van der Waals surface area contributed by atoms with E-state index < -0.39 is 12.0 Å². The number of rotatable bonds is 5. The normalized spacial score (nSPS) is 12.1. The molecule has 0 saturated heterocycles. The van der Waals surface area contributed by atoms with Crippen LogP contribution in [0.15, 0.2) is 72.8 Å². The fourth-order valence-corrected chi connectivity index (χ4v) is 3.66. The minimum absolute atomic E-state index is 0.0242. The van der Waals surface area contributed by atoms with Crippen molar-refractivity contribution >= 4 is 17.7 Å². The number of primary amides is 1. The molecule has 0 radical (unpaired) electrons. The Morgan fingerprint density at radius 3 is 2.00 bits per heavy atom. The summed E-state index contributed by atoms with van der Waals surface area (Å²) in [6, 6.07) is 23.4. The summed E-state index contributed by atoms with van der Waals surface area (Å²) in [4.78, 5) is 23.2. The van der Waals surface area contributed by atoms with Gasteiger partial charge in [0.25, 0.3) is 0 Å². The van der Waals surface area contributed by atoms with Gasteiger partial charge >= 0.3 is 6.09 Å². The maximum atomic E-state index is 12.2. The van der Waals surface area contributed by atoms with E-state index in [2.05, 4.69) is 29.6 Å². The third kappa shape index (κ3) is 3.60. The molecule has 0 bridgehead atoms. The first-order chi connectivity index (χ1) is 13.6. The second-order valence-corrected chi connectivity index (χ2v) is 6.79. The van der Waals surface area contributed by atoms with E-state index in [1.165, 1.54) is 22.3 Å². The molecular weight excluding hydrogens is 352 g/mol. The number of amides is 2. The highest BCUT2D eigenvalue weighted by molar-refractivity contribution is 5.85. The molecule has 1 aliphatic carbocycles. The van der Waals surface area contributed by atoms with Gasteiger partial charge in [-0.3, -0.25) is 10.1 Å². The van der Waals surface area contributed by atoms with Crippen LogP contribution in [0.2, 0.25) is 0 Å². The van der Waals surface area contributed by atoms with Crippen LogP contribution >= 0.6 is 0 Å². The van der Waals surface area contributed by atoms with E-state index in [4.69, 9.17) is 10.5 Å². The van der Waals surface area contributed by atoms with Crippen molar-refractivity contribution < 1.29 is 14.3 Å². The summed E-state index contributed by atoms with van der Waals surface area (Å²) in [5, 5.41) is 2.72. The Morgan fingerprint density at radius 1 is 0.857 bits per heavy atom. The SMILES string of the molecule is NC(=O)Cc1ccc(NC(=O)OCC2c3ccccc3-c3ccccc32)cc1. The van der Waals surface area contributed by atoms with Crippen LogP contribution in [-0.4, -0.2) is 18.6 Å². The molecule has 0 unspecified atom stereocenters. The van der Waals surface area contributed by atoms with Gasteiger partial charge in [0.2, 0.25) is 5.91 Å². The molecule has 3 N–H and O–H groups in total. The second kappa shape index (κ2) is 7.56. The van der Waals surface area contributed by atoms with Crippen molar-refractivity contribution in [1.82, 2.24) is 0 Å². The Balaban J connectivity index is 1.42. The topological polar surface area (TPSA) is 81.4 Å². The van der Waals surface area contributed by atoms with Gasteiger partial charge in [0.1, 0.15) is 6.61 Å². The van der Waals surface area contributed by atoms with Gasteiger partial charge in [-0.2, -0.15) is 0 Å². The Kier molecular flexibility index (Phi) is 4.81. The van der Waals surface area contributed by atoms with Gasteiger partial charge in [-0.25, -0.2) is 4.79 Å². The molecule has 0 spiro atoms. The molecule has 1 aliphatic rings. The van der Waals surface area contributed by atoms with E-state index in [-0.39, 0.29) is 18.9 Å². The summed E-state index contributed by atoms with van der Waals surface area (Å²) in [7, 11) is 0. The molecule has 0 fully saturated rings. The van der Waals surface area contributed by atoms with Crippen LogP contribution in [0, 0.1) is 0 Å². The zero-order valence-corrected chi connectivity index (χ0v) is 15.2. The molecule has 4 rings (SSSR count). The number of nitrogens with one attached hydrogen (secondary N) is 1. The van der Waals surface area contributed by atoms with Gasteiger partial charge < -0.3 is 10.5 Å². The second-order valence-electron chi connectivity index (χ2n) is 6.79. The van der Waals surface area contributed by atoms with E-state index in [1.54, 1.807) is 24.3 Å². The summed E-state index contributed by atoms with van der Waals surface area (Å²) in [5.74, 6) is -0.367. The molecule has 0 saturated carbocycles. The van der Waals surface area contributed by atoms with Gasteiger partial charge in [0.05, 0.1) is 6.42 Å². The molecule has 140 valence electrons. The lowest BCUT2D eigenvalue weighted by Crippen LogP contribution is -2.18. The van der Waals surface area contributed by atoms with Crippen molar-refractivity contribution in [3.63, 3.8) is 0 Å². The zero-order valence-electron chi connectivity index (χ0n) is 15.2. The van der Waals surface area contributed by atoms with Crippen molar-refractivity contribution in [2.45, 2.75) is 12.3 Å². The molecule has 5 heteroatoms. The van der Waals surface area contributed by atoms with E-state index in [0.717, 1.165) is 5.56 Å². The highest BCUT2D eigenvalue weighted by atomic mass is 16.5. The van der Waals surface area contributed by atoms with E-state index in [9.17, 15) is 9.59 Å². The maximum absolute atomic E-state index is 12.2. The van der Waals surface area contributed by atoms with Crippen molar-refractivity contribution in [2.75, 3.05) is 11.9 Å². The third-order valence-electron chi connectivity index (χ3n) is 4.92. The highest BCUT2D eigenvalue weighted by Gasteiger charge is 2.28. The molecule has 3 aromatic rings. The Hall–Kier alpha value is -3.60. The average Bonchev–Trinajstić information content (AvgIpc) is 3.01. The van der Waals surface area contributed by atoms with Crippen LogP contribution in [0.1, 0.15) is 22.6 Å². The van der Waals surface area contributed by atoms with Crippen LogP contribution in [0.3, 0.4) is 0 Å². The van der Waals surface area contributed by atoms with Crippen LogP contribution in [0.5, 0.6) is 0 Å².